The molecule has 0 saturated heterocycles. The van der Waals surface area contributed by atoms with Gasteiger partial charge in [-0.3, -0.25) is 4.79 Å². The summed E-state index contributed by atoms with van der Waals surface area (Å²) < 4.78 is 23.9. The highest BCUT2D eigenvalue weighted by molar-refractivity contribution is 7.13. The molecular weight excluding hydrogens is 367 g/mol. The molecule has 2 aromatic carbocycles. The molecule has 5 nitrogen and oxygen atoms in total. The normalized spacial score (nSPS) is 10.4. The van der Waals surface area contributed by atoms with Crippen molar-refractivity contribution >= 4 is 17.2 Å². The number of ether oxygens (including phenoxy) is 2. The number of nitrogens with zero attached hydrogens (tertiary/aromatic N) is 1. The standard InChI is InChI=1S/C20H19FN2O3S/c1-25-17-6-3-7-18(11-17)26-12-19(24)22-9-8-16-13-27-20(23-16)14-4-2-5-15(21)10-14/h2-7,10-11,13H,8-9,12H2,1H3,(H,22,24). The van der Waals surface area contributed by atoms with Crippen LogP contribution in [0.5, 0.6) is 11.5 Å². The van der Waals surface area contributed by atoms with E-state index in [1.54, 1.807) is 37.4 Å². The lowest BCUT2D eigenvalue weighted by molar-refractivity contribution is -0.123. The largest absolute Gasteiger partial charge is 0.497 e. The molecule has 1 aromatic heterocycles. The van der Waals surface area contributed by atoms with E-state index in [1.165, 1.54) is 23.5 Å². The number of carbonyl (C=O) groups excluding carboxylic acids is 1. The van der Waals surface area contributed by atoms with Gasteiger partial charge in [-0.15, -0.1) is 11.3 Å². The van der Waals surface area contributed by atoms with Gasteiger partial charge in [0.1, 0.15) is 22.3 Å². The number of thiazole rings is 1. The molecule has 0 radical (unpaired) electrons. The number of rotatable bonds is 8. The number of methoxy groups -OCH3 is 1. The molecule has 0 aliphatic carbocycles. The van der Waals surface area contributed by atoms with Gasteiger partial charge in [0.05, 0.1) is 12.8 Å². The van der Waals surface area contributed by atoms with Crippen molar-refractivity contribution in [3.8, 4) is 22.1 Å². The molecule has 0 spiro atoms. The van der Waals surface area contributed by atoms with E-state index in [0.717, 1.165) is 16.3 Å². The first-order valence-corrected chi connectivity index (χ1v) is 9.26. The van der Waals surface area contributed by atoms with E-state index in [1.807, 2.05) is 11.4 Å². The van der Waals surface area contributed by atoms with E-state index in [9.17, 15) is 9.18 Å². The fourth-order valence-corrected chi connectivity index (χ4v) is 3.25. The van der Waals surface area contributed by atoms with Gasteiger partial charge in [0.2, 0.25) is 0 Å². The van der Waals surface area contributed by atoms with E-state index in [4.69, 9.17) is 9.47 Å². The van der Waals surface area contributed by atoms with Crippen molar-refractivity contribution in [3.05, 3.63) is 65.4 Å². The fraction of sp³-hybridized carbons (Fsp3) is 0.200. The van der Waals surface area contributed by atoms with Crippen molar-refractivity contribution in [3.63, 3.8) is 0 Å². The van der Waals surface area contributed by atoms with Crippen LogP contribution in [0.25, 0.3) is 10.6 Å². The highest BCUT2D eigenvalue weighted by Gasteiger charge is 2.07. The third kappa shape index (κ3) is 5.52. The number of hydrogen-bond acceptors (Lipinski definition) is 5. The Balaban J connectivity index is 1.43. The van der Waals surface area contributed by atoms with Gasteiger partial charge >= 0.3 is 0 Å². The minimum absolute atomic E-state index is 0.0707. The maximum Gasteiger partial charge on any atom is 0.257 e. The number of benzene rings is 2. The number of nitrogens with one attached hydrogen (secondary N) is 1. The third-order valence-electron chi connectivity index (χ3n) is 3.74. The van der Waals surface area contributed by atoms with Gasteiger partial charge in [-0.25, -0.2) is 9.37 Å². The van der Waals surface area contributed by atoms with Crippen molar-refractivity contribution in [2.24, 2.45) is 0 Å². The second-order valence-electron chi connectivity index (χ2n) is 5.72. The van der Waals surface area contributed by atoms with Crippen LogP contribution in [-0.2, 0) is 11.2 Å². The summed E-state index contributed by atoms with van der Waals surface area (Å²) in [5, 5.41) is 5.47. The molecule has 140 valence electrons. The summed E-state index contributed by atoms with van der Waals surface area (Å²) in [5.74, 6) is 0.750. The first-order valence-electron chi connectivity index (χ1n) is 8.38. The van der Waals surface area contributed by atoms with Gasteiger partial charge in [-0.1, -0.05) is 18.2 Å². The molecule has 0 saturated carbocycles. The highest BCUT2D eigenvalue weighted by Crippen LogP contribution is 2.24. The minimum atomic E-state index is -0.285. The molecule has 0 bridgehead atoms. The molecule has 3 rings (SSSR count). The Kier molecular flexibility index (Phi) is 6.38. The number of aromatic nitrogens is 1. The molecule has 1 amide bonds. The summed E-state index contributed by atoms with van der Waals surface area (Å²) in [7, 11) is 1.57. The van der Waals surface area contributed by atoms with Crippen LogP contribution in [0.2, 0.25) is 0 Å². The molecule has 1 N–H and O–H groups in total. The van der Waals surface area contributed by atoms with Crippen molar-refractivity contribution in [1.82, 2.24) is 10.3 Å². The average molecular weight is 386 g/mol. The van der Waals surface area contributed by atoms with Gasteiger partial charge in [-0.05, 0) is 24.3 Å². The lowest BCUT2D eigenvalue weighted by Gasteiger charge is -2.08. The van der Waals surface area contributed by atoms with Crippen molar-refractivity contribution < 1.29 is 18.7 Å². The zero-order valence-corrected chi connectivity index (χ0v) is 15.6. The molecule has 27 heavy (non-hydrogen) atoms. The summed E-state index contributed by atoms with van der Waals surface area (Å²) in [4.78, 5) is 16.4. The smallest absolute Gasteiger partial charge is 0.257 e. The number of carbonyl (C=O) groups is 1. The summed E-state index contributed by atoms with van der Waals surface area (Å²) >= 11 is 1.45. The monoisotopic (exact) mass is 386 g/mol. The number of amides is 1. The van der Waals surface area contributed by atoms with Gasteiger partial charge in [0.15, 0.2) is 6.61 Å². The number of hydrogen-bond donors (Lipinski definition) is 1. The van der Waals surface area contributed by atoms with E-state index in [2.05, 4.69) is 10.3 Å². The minimum Gasteiger partial charge on any atom is -0.497 e. The van der Waals surface area contributed by atoms with E-state index in [0.29, 0.717) is 24.5 Å². The Bertz CT molecular complexity index is 914. The molecule has 3 aromatic rings. The highest BCUT2D eigenvalue weighted by atomic mass is 32.1. The molecule has 0 fully saturated rings. The average Bonchev–Trinajstić information content (AvgIpc) is 3.15. The maximum atomic E-state index is 13.3. The van der Waals surface area contributed by atoms with Crippen LogP contribution in [0.4, 0.5) is 4.39 Å². The second kappa shape index (κ2) is 9.14. The first kappa shape index (κ1) is 18.8. The lowest BCUT2D eigenvalue weighted by atomic mass is 10.2. The van der Waals surface area contributed by atoms with Crippen LogP contribution in [0.15, 0.2) is 53.9 Å². The van der Waals surface area contributed by atoms with E-state index < -0.39 is 0 Å². The van der Waals surface area contributed by atoms with Crippen LogP contribution >= 0.6 is 11.3 Å². The quantitative estimate of drug-likeness (QED) is 0.641. The van der Waals surface area contributed by atoms with Crippen LogP contribution in [-0.4, -0.2) is 31.2 Å². The lowest BCUT2D eigenvalue weighted by Crippen LogP contribution is -2.30. The molecule has 0 aliphatic heterocycles. The van der Waals surface area contributed by atoms with Crippen LogP contribution in [0.3, 0.4) is 0 Å². The molecule has 0 aliphatic rings. The SMILES string of the molecule is COc1cccc(OCC(=O)NCCc2csc(-c3cccc(F)c3)n2)c1. The van der Waals surface area contributed by atoms with Crippen molar-refractivity contribution in [2.45, 2.75) is 6.42 Å². The van der Waals surface area contributed by atoms with Gasteiger partial charge in [0, 0.05) is 30.0 Å². The Morgan fingerprint density at radius 3 is 2.81 bits per heavy atom. The van der Waals surface area contributed by atoms with Crippen LogP contribution in [0.1, 0.15) is 5.69 Å². The molecule has 7 heteroatoms. The van der Waals surface area contributed by atoms with Gasteiger partial charge < -0.3 is 14.8 Å². The third-order valence-corrected chi connectivity index (χ3v) is 4.68. The van der Waals surface area contributed by atoms with E-state index >= 15 is 0 Å². The summed E-state index contributed by atoms with van der Waals surface area (Å²) in [6, 6.07) is 13.4. The Hall–Kier alpha value is -2.93. The number of halogens is 1. The predicted molar refractivity (Wildman–Crippen MR) is 103 cm³/mol. The van der Waals surface area contributed by atoms with Crippen LogP contribution in [0, 0.1) is 5.82 Å². The van der Waals surface area contributed by atoms with Crippen molar-refractivity contribution in [2.75, 3.05) is 20.3 Å². The summed E-state index contributed by atoms with van der Waals surface area (Å²) in [5.41, 5.74) is 1.61. The first-order chi connectivity index (χ1) is 13.1. The molecule has 0 atom stereocenters. The molecule has 0 unspecified atom stereocenters. The van der Waals surface area contributed by atoms with Crippen molar-refractivity contribution in [1.29, 1.82) is 0 Å². The molecule has 1 heterocycles. The van der Waals surface area contributed by atoms with Crippen LogP contribution < -0.4 is 14.8 Å². The van der Waals surface area contributed by atoms with Gasteiger partial charge in [0.25, 0.3) is 5.91 Å². The Morgan fingerprint density at radius 1 is 1.19 bits per heavy atom. The Morgan fingerprint density at radius 2 is 2.00 bits per heavy atom. The summed E-state index contributed by atoms with van der Waals surface area (Å²) in [6.07, 6.45) is 0.594. The van der Waals surface area contributed by atoms with E-state index in [-0.39, 0.29) is 18.3 Å². The summed E-state index contributed by atoms with van der Waals surface area (Å²) in [6.45, 7) is 0.380. The topological polar surface area (TPSA) is 60.5 Å². The Labute approximate surface area is 160 Å². The maximum absolute atomic E-state index is 13.3. The van der Waals surface area contributed by atoms with Gasteiger partial charge in [-0.2, -0.15) is 0 Å². The zero-order valence-electron chi connectivity index (χ0n) is 14.8. The predicted octanol–water partition coefficient (Wildman–Crippen LogP) is 3.70. The fourth-order valence-electron chi connectivity index (χ4n) is 2.40. The molecular formula is C20H19FN2O3S. The second-order valence-corrected chi connectivity index (χ2v) is 6.58. The zero-order chi connectivity index (χ0) is 19.1.